The van der Waals surface area contributed by atoms with E-state index in [-0.39, 0.29) is 23.4 Å². The standard InChI is InChI=1S/C29H34ClN3O4S/c1-20(2)31-29(35)23(5)32(18-24-16-14-21(3)15-17-24)28(34)19-33(27-13-9-12-26(30)22(27)4)38(36,37)25-10-7-6-8-11-25/h6-17,20,23H,18-19H2,1-5H3,(H,31,35)/t23-/m0/s1. The third kappa shape index (κ3) is 6.94. The second kappa shape index (κ2) is 12.5. The van der Waals surface area contributed by atoms with Crippen LogP contribution in [0.5, 0.6) is 0 Å². The monoisotopic (exact) mass is 555 g/mol. The van der Waals surface area contributed by atoms with Crippen LogP contribution in [0.4, 0.5) is 5.69 Å². The molecule has 2 amide bonds. The van der Waals surface area contributed by atoms with Gasteiger partial charge in [-0.2, -0.15) is 0 Å². The molecule has 3 rings (SSSR count). The van der Waals surface area contributed by atoms with Crippen LogP contribution in [-0.2, 0) is 26.2 Å². The average molecular weight is 556 g/mol. The van der Waals surface area contributed by atoms with Crippen molar-refractivity contribution in [3.8, 4) is 0 Å². The van der Waals surface area contributed by atoms with Crippen LogP contribution in [0, 0.1) is 13.8 Å². The van der Waals surface area contributed by atoms with Gasteiger partial charge in [0.1, 0.15) is 12.6 Å². The normalized spacial score (nSPS) is 12.2. The molecule has 202 valence electrons. The fourth-order valence-electron chi connectivity index (χ4n) is 3.98. The molecule has 0 unspecified atom stereocenters. The zero-order valence-corrected chi connectivity index (χ0v) is 23.9. The predicted octanol–water partition coefficient (Wildman–Crippen LogP) is 5.09. The quantitative estimate of drug-likeness (QED) is 0.377. The topological polar surface area (TPSA) is 86.8 Å². The molecule has 0 saturated carbocycles. The molecule has 0 saturated heterocycles. The second-order valence-electron chi connectivity index (χ2n) is 9.56. The van der Waals surface area contributed by atoms with Gasteiger partial charge in [0.2, 0.25) is 11.8 Å². The summed E-state index contributed by atoms with van der Waals surface area (Å²) in [6, 6.07) is 19.5. The van der Waals surface area contributed by atoms with Crippen molar-refractivity contribution in [2.45, 2.75) is 58.1 Å². The smallest absolute Gasteiger partial charge is 0.264 e. The molecule has 0 aromatic heterocycles. The van der Waals surface area contributed by atoms with E-state index in [9.17, 15) is 18.0 Å². The molecule has 0 spiro atoms. The Bertz CT molecular complexity index is 1380. The Morgan fingerprint density at radius 2 is 1.53 bits per heavy atom. The maximum Gasteiger partial charge on any atom is 0.264 e. The summed E-state index contributed by atoms with van der Waals surface area (Å²) in [6.07, 6.45) is 0. The SMILES string of the molecule is Cc1ccc(CN(C(=O)CN(c2cccc(Cl)c2C)S(=O)(=O)c2ccccc2)[C@@H](C)C(=O)NC(C)C)cc1. The van der Waals surface area contributed by atoms with Gasteiger partial charge in [-0.15, -0.1) is 0 Å². The van der Waals surface area contributed by atoms with Crippen LogP contribution in [0.1, 0.15) is 37.5 Å². The number of anilines is 1. The van der Waals surface area contributed by atoms with E-state index in [4.69, 9.17) is 11.6 Å². The van der Waals surface area contributed by atoms with Crippen molar-refractivity contribution in [3.63, 3.8) is 0 Å². The van der Waals surface area contributed by atoms with Gasteiger partial charge in [-0.1, -0.05) is 65.7 Å². The number of rotatable bonds is 10. The lowest BCUT2D eigenvalue weighted by molar-refractivity contribution is -0.139. The van der Waals surface area contributed by atoms with E-state index in [1.807, 2.05) is 45.0 Å². The minimum atomic E-state index is -4.14. The predicted molar refractivity (Wildman–Crippen MR) is 152 cm³/mol. The fraction of sp³-hybridized carbons (Fsp3) is 0.310. The Morgan fingerprint density at radius 3 is 2.13 bits per heavy atom. The lowest BCUT2D eigenvalue weighted by Gasteiger charge is -2.32. The van der Waals surface area contributed by atoms with Crippen LogP contribution < -0.4 is 9.62 Å². The molecule has 0 bridgehead atoms. The van der Waals surface area contributed by atoms with E-state index < -0.39 is 28.5 Å². The average Bonchev–Trinajstić information content (AvgIpc) is 2.88. The van der Waals surface area contributed by atoms with E-state index in [0.717, 1.165) is 15.4 Å². The van der Waals surface area contributed by atoms with Crippen LogP contribution in [-0.4, -0.2) is 43.8 Å². The molecule has 0 heterocycles. The molecule has 38 heavy (non-hydrogen) atoms. The molecule has 9 heteroatoms. The molecule has 0 fully saturated rings. The van der Waals surface area contributed by atoms with Crippen LogP contribution >= 0.6 is 11.6 Å². The lowest BCUT2D eigenvalue weighted by atomic mass is 10.1. The number of halogens is 1. The van der Waals surface area contributed by atoms with Crippen molar-refractivity contribution < 1.29 is 18.0 Å². The Labute approximate surface area is 230 Å². The molecule has 3 aromatic carbocycles. The zero-order chi connectivity index (χ0) is 28.0. The second-order valence-corrected chi connectivity index (χ2v) is 11.8. The molecule has 1 atom stereocenters. The number of hydrogen-bond acceptors (Lipinski definition) is 4. The fourth-order valence-corrected chi connectivity index (χ4v) is 5.64. The van der Waals surface area contributed by atoms with Gasteiger partial charge in [0.15, 0.2) is 0 Å². The van der Waals surface area contributed by atoms with Crippen molar-refractivity contribution >= 4 is 39.1 Å². The number of aryl methyl sites for hydroxylation is 1. The van der Waals surface area contributed by atoms with Crippen LogP contribution in [0.15, 0.2) is 77.7 Å². The van der Waals surface area contributed by atoms with Crippen LogP contribution in [0.2, 0.25) is 5.02 Å². The molecule has 0 aliphatic heterocycles. The van der Waals surface area contributed by atoms with Crippen molar-refractivity contribution in [1.82, 2.24) is 10.2 Å². The summed E-state index contributed by atoms with van der Waals surface area (Å²) in [5.74, 6) is -0.840. The Balaban J connectivity index is 2.06. The molecular formula is C29H34ClN3O4S. The first-order valence-electron chi connectivity index (χ1n) is 12.4. The van der Waals surface area contributed by atoms with Gasteiger partial charge in [-0.05, 0) is 70.0 Å². The summed E-state index contributed by atoms with van der Waals surface area (Å²) < 4.78 is 28.7. The van der Waals surface area contributed by atoms with Crippen LogP contribution in [0.25, 0.3) is 0 Å². The molecule has 0 aliphatic carbocycles. The highest BCUT2D eigenvalue weighted by atomic mass is 35.5. The Morgan fingerprint density at radius 1 is 0.895 bits per heavy atom. The van der Waals surface area contributed by atoms with Gasteiger partial charge >= 0.3 is 0 Å². The Hall–Kier alpha value is -3.36. The van der Waals surface area contributed by atoms with E-state index in [1.54, 1.807) is 50.2 Å². The van der Waals surface area contributed by atoms with Gasteiger partial charge in [-0.25, -0.2) is 8.42 Å². The first-order valence-corrected chi connectivity index (χ1v) is 14.2. The van der Waals surface area contributed by atoms with E-state index in [1.165, 1.54) is 17.0 Å². The van der Waals surface area contributed by atoms with Gasteiger partial charge in [0, 0.05) is 17.6 Å². The minimum absolute atomic E-state index is 0.0443. The number of nitrogens with one attached hydrogen (secondary N) is 1. The number of carbonyl (C=O) groups excluding carboxylic acids is 2. The van der Waals surface area contributed by atoms with Crippen LogP contribution in [0.3, 0.4) is 0 Å². The van der Waals surface area contributed by atoms with Gasteiger partial charge < -0.3 is 10.2 Å². The molecular weight excluding hydrogens is 522 g/mol. The number of sulfonamides is 1. The van der Waals surface area contributed by atoms with Crippen molar-refractivity contribution in [2.75, 3.05) is 10.8 Å². The Kier molecular flexibility index (Phi) is 9.57. The zero-order valence-electron chi connectivity index (χ0n) is 22.3. The first-order chi connectivity index (χ1) is 17.9. The number of carbonyl (C=O) groups is 2. The van der Waals surface area contributed by atoms with Crippen molar-refractivity contribution in [1.29, 1.82) is 0 Å². The highest BCUT2D eigenvalue weighted by Crippen LogP contribution is 2.31. The van der Waals surface area contributed by atoms with Gasteiger partial charge in [0.25, 0.3) is 10.0 Å². The van der Waals surface area contributed by atoms with Gasteiger partial charge in [0.05, 0.1) is 10.6 Å². The summed E-state index contributed by atoms with van der Waals surface area (Å²) in [4.78, 5) is 28.3. The van der Waals surface area contributed by atoms with Crippen molar-refractivity contribution in [2.24, 2.45) is 0 Å². The summed E-state index contributed by atoms with van der Waals surface area (Å²) in [5, 5.41) is 3.23. The maximum absolute atomic E-state index is 13.9. The summed E-state index contributed by atoms with van der Waals surface area (Å²) in [5.41, 5.74) is 2.71. The van der Waals surface area contributed by atoms with E-state index >= 15 is 0 Å². The maximum atomic E-state index is 13.9. The highest BCUT2D eigenvalue weighted by molar-refractivity contribution is 7.92. The third-order valence-corrected chi connectivity index (χ3v) is 8.37. The van der Waals surface area contributed by atoms with E-state index in [0.29, 0.717) is 16.3 Å². The number of benzene rings is 3. The third-order valence-electron chi connectivity index (χ3n) is 6.19. The summed E-state index contributed by atoms with van der Waals surface area (Å²) in [7, 11) is -4.14. The molecule has 7 nitrogen and oxygen atoms in total. The largest absolute Gasteiger partial charge is 0.352 e. The molecule has 1 N–H and O–H groups in total. The lowest BCUT2D eigenvalue weighted by Crippen LogP contribution is -2.52. The summed E-state index contributed by atoms with van der Waals surface area (Å²) >= 11 is 6.34. The summed E-state index contributed by atoms with van der Waals surface area (Å²) in [6.45, 7) is 8.62. The molecule has 0 aliphatic rings. The van der Waals surface area contributed by atoms with Gasteiger partial charge in [-0.3, -0.25) is 13.9 Å². The first kappa shape index (κ1) is 29.2. The number of nitrogens with zero attached hydrogens (tertiary/aromatic N) is 2. The minimum Gasteiger partial charge on any atom is -0.352 e. The van der Waals surface area contributed by atoms with E-state index in [2.05, 4.69) is 5.32 Å². The molecule has 0 radical (unpaired) electrons. The molecule has 3 aromatic rings. The van der Waals surface area contributed by atoms with Crippen molar-refractivity contribution in [3.05, 3.63) is 94.5 Å². The highest BCUT2D eigenvalue weighted by Gasteiger charge is 2.33. The number of hydrogen-bond donors (Lipinski definition) is 1. The number of amides is 2.